The van der Waals surface area contributed by atoms with Crippen molar-refractivity contribution in [1.29, 1.82) is 0 Å². The minimum absolute atomic E-state index is 0.00996. The molecule has 0 amide bonds. The van der Waals surface area contributed by atoms with E-state index < -0.39 is 6.61 Å². The Hall–Kier alpha value is -2.97. The minimum atomic E-state index is -2.91. The lowest BCUT2D eigenvalue weighted by Crippen LogP contribution is -2.15. The first-order valence-electron chi connectivity index (χ1n) is 8.97. The molecule has 3 aromatic rings. The van der Waals surface area contributed by atoms with Crippen LogP contribution in [0.1, 0.15) is 40.9 Å². The number of ether oxygens (including phenoxy) is 2. The Morgan fingerprint density at radius 1 is 1.32 bits per heavy atom. The first-order valence-corrected chi connectivity index (χ1v) is 8.97. The largest absolute Gasteiger partial charge is 0.493 e. The van der Waals surface area contributed by atoms with Crippen molar-refractivity contribution in [3.05, 3.63) is 52.9 Å². The highest BCUT2D eigenvalue weighted by molar-refractivity contribution is 5.43. The molecule has 0 saturated heterocycles. The lowest BCUT2D eigenvalue weighted by atomic mass is 9.88. The van der Waals surface area contributed by atoms with Gasteiger partial charge in [0.15, 0.2) is 17.3 Å². The lowest BCUT2D eigenvalue weighted by Gasteiger charge is -2.19. The van der Waals surface area contributed by atoms with Crippen molar-refractivity contribution < 1.29 is 22.8 Å². The van der Waals surface area contributed by atoms with Crippen molar-refractivity contribution in [2.75, 3.05) is 7.11 Å². The van der Waals surface area contributed by atoms with Crippen molar-refractivity contribution in [1.82, 2.24) is 19.9 Å². The van der Waals surface area contributed by atoms with Gasteiger partial charge in [0.05, 0.1) is 13.3 Å². The van der Waals surface area contributed by atoms with Crippen LogP contribution in [0.2, 0.25) is 0 Å². The van der Waals surface area contributed by atoms with Crippen LogP contribution < -0.4 is 9.47 Å². The number of halogens is 2. The molecule has 0 fully saturated rings. The third-order valence-electron chi connectivity index (χ3n) is 4.99. The Kier molecular flexibility index (Phi) is 4.97. The Labute approximate surface area is 160 Å². The molecule has 1 unspecified atom stereocenters. The van der Waals surface area contributed by atoms with Gasteiger partial charge in [0.2, 0.25) is 5.89 Å². The number of fused-ring (bicyclic) bond motifs is 1. The maximum atomic E-state index is 12.4. The van der Waals surface area contributed by atoms with Gasteiger partial charge in [0.1, 0.15) is 0 Å². The van der Waals surface area contributed by atoms with Crippen LogP contribution in [0.25, 0.3) is 0 Å². The molecule has 2 aromatic heterocycles. The second-order valence-electron chi connectivity index (χ2n) is 6.77. The summed E-state index contributed by atoms with van der Waals surface area (Å²) in [6.07, 6.45) is 5.02. The lowest BCUT2D eigenvalue weighted by molar-refractivity contribution is -0.0512. The van der Waals surface area contributed by atoms with Crippen LogP contribution >= 0.6 is 0 Å². The molecule has 7 nitrogen and oxygen atoms in total. The minimum Gasteiger partial charge on any atom is -0.493 e. The van der Waals surface area contributed by atoms with E-state index in [0.29, 0.717) is 18.1 Å². The average molecular weight is 390 g/mol. The molecule has 1 atom stereocenters. The molecule has 9 heteroatoms. The van der Waals surface area contributed by atoms with Gasteiger partial charge in [0, 0.05) is 31.5 Å². The molecular formula is C19H20F2N4O3. The summed E-state index contributed by atoms with van der Waals surface area (Å²) in [4.78, 5) is 4.54. The maximum absolute atomic E-state index is 12.4. The summed E-state index contributed by atoms with van der Waals surface area (Å²) in [5.74, 6) is 1.55. The van der Waals surface area contributed by atoms with Gasteiger partial charge in [-0.05, 0) is 36.1 Å². The summed E-state index contributed by atoms with van der Waals surface area (Å²) >= 11 is 0. The van der Waals surface area contributed by atoms with E-state index in [1.807, 2.05) is 17.9 Å². The first-order chi connectivity index (χ1) is 13.5. The normalized spacial score (nSPS) is 16.2. The van der Waals surface area contributed by atoms with Crippen LogP contribution in [0.15, 0.2) is 28.9 Å². The summed E-state index contributed by atoms with van der Waals surface area (Å²) < 4.78 is 41.9. The van der Waals surface area contributed by atoms with Crippen LogP contribution in [0.4, 0.5) is 8.78 Å². The summed E-state index contributed by atoms with van der Waals surface area (Å²) in [6, 6.07) is 4.77. The van der Waals surface area contributed by atoms with Crippen molar-refractivity contribution in [2.45, 2.75) is 38.2 Å². The molecular weight excluding hydrogens is 370 g/mol. The third kappa shape index (κ3) is 3.69. The molecule has 4 rings (SSSR count). The fourth-order valence-electron chi connectivity index (χ4n) is 3.56. The summed E-state index contributed by atoms with van der Waals surface area (Å²) in [5, 5.41) is 8.39. The molecule has 1 aliphatic rings. The third-order valence-corrected chi connectivity index (χ3v) is 4.99. The second kappa shape index (κ2) is 7.57. The molecule has 0 spiro atoms. The quantitative estimate of drug-likeness (QED) is 0.643. The summed E-state index contributed by atoms with van der Waals surface area (Å²) in [7, 11) is 3.34. The SMILES string of the molecule is COc1cc(Cc2noc(C3CCc4cnn(C)c4C3)n2)ccc1OC(F)F. The highest BCUT2D eigenvalue weighted by Gasteiger charge is 2.27. The van der Waals surface area contributed by atoms with Crippen LogP contribution in [-0.2, 0) is 26.3 Å². The predicted molar refractivity (Wildman–Crippen MR) is 94.7 cm³/mol. The zero-order chi connectivity index (χ0) is 19.7. The van der Waals surface area contributed by atoms with Crippen LogP contribution in [0, 0.1) is 0 Å². The molecule has 0 radical (unpaired) electrons. The number of aromatic nitrogens is 4. The fourth-order valence-corrected chi connectivity index (χ4v) is 3.56. The van der Waals surface area contributed by atoms with E-state index in [-0.39, 0.29) is 17.4 Å². The van der Waals surface area contributed by atoms with E-state index >= 15 is 0 Å². The molecule has 2 heterocycles. The smallest absolute Gasteiger partial charge is 0.387 e. The van der Waals surface area contributed by atoms with Crippen LogP contribution in [0.5, 0.6) is 11.5 Å². The van der Waals surface area contributed by atoms with Gasteiger partial charge < -0.3 is 14.0 Å². The van der Waals surface area contributed by atoms with Gasteiger partial charge in [0.25, 0.3) is 0 Å². The Balaban J connectivity index is 1.47. The number of hydrogen-bond donors (Lipinski definition) is 0. The highest BCUT2D eigenvalue weighted by atomic mass is 19.3. The van der Waals surface area contributed by atoms with E-state index in [0.717, 1.165) is 24.8 Å². The molecule has 0 bridgehead atoms. The number of aryl methyl sites for hydroxylation is 2. The Bertz CT molecular complexity index is 970. The van der Waals surface area contributed by atoms with Crippen molar-refractivity contribution in [3.8, 4) is 11.5 Å². The van der Waals surface area contributed by atoms with Gasteiger partial charge in [-0.25, -0.2) is 0 Å². The number of benzene rings is 1. The van der Waals surface area contributed by atoms with Gasteiger partial charge in [-0.3, -0.25) is 4.68 Å². The number of nitrogens with zero attached hydrogens (tertiary/aromatic N) is 4. The van der Waals surface area contributed by atoms with Gasteiger partial charge >= 0.3 is 6.61 Å². The summed E-state index contributed by atoms with van der Waals surface area (Å²) in [6.45, 7) is -2.91. The van der Waals surface area contributed by atoms with E-state index in [4.69, 9.17) is 9.26 Å². The Morgan fingerprint density at radius 2 is 2.18 bits per heavy atom. The van der Waals surface area contributed by atoms with E-state index in [1.165, 1.54) is 24.4 Å². The van der Waals surface area contributed by atoms with E-state index in [9.17, 15) is 8.78 Å². The number of alkyl halides is 2. The van der Waals surface area contributed by atoms with Gasteiger partial charge in [-0.1, -0.05) is 11.2 Å². The van der Waals surface area contributed by atoms with Crippen LogP contribution in [0.3, 0.4) is 0 Å². The number of hydrogen-bond acceptors (Lipinski definition) is 6. The monoisotopic (exact) mass is 390 g/mol. The molecule has 0 N–H and O–H groups in total. The summed E-state index contributed by atoms with van der Waals surface area (Å²) in [5.41, 5.74) is 3.29. The van der Waals surface area contributed by atoms with Gasteiger partial charge in [-0.2, -0.15) is 18.9 Å². The average Bonchev–Trinajstić information content (AvgIpc) is 3.29. The van der Waals surface area contributed by atoms with Crippen molar-refractivity contribution >= 4 is 0 Å². The zero-order valence-electron chi connectivity index (χ0n) is 15.6. The fraction of sp³-hybridized carbons (Fsp3) is 0.421. The molecule has 0 saturated carbocycles. The van der Waals surface area contributed by atoms with E-state index in [1.54, 1.807) is 12.1 Å². The molecule has 1 aliphatic carbocycles. The second-order valence-corrected chi connectivity index (χ2v) is 6.77. The predicted octanol–water partition coefficient (Wildman–Crippen LogP) is 3.28. The zero-order valence-corrected chi connectivity index (χ0v) is 15.6. The highest BCUT2D eigenvalue weighted by Crippen LogP contribution is 2.32. The molecule has 28 heavy (non-hydrogen) atoms. The van der Waals surface area contributed by atoms with E-state index in [2.05, 4.69) is 20.0 Å². The Morgan fingerprint density at radius 3 is 2.96 bits per heavy atom. The molecule has 1 aromatic carbocycles. The molecule has 148 valence electrons. The molecule has 0 aliphatic heterocycles. The van der Waals surface area contributed by atoms with Crippen molar-refractivity contribution in [3.63, 3.8) is 0 Å². The van der Waals surface area contributed by atoms with Gasteiger partial charge in [-0.15, -0.1) is 0 Å². The standard InChI is InChI=1S/C19H20F2N4O3/c1-25-14-9-12(4-5-13(14)10-22-25)18-23-17(24-28-18)8-11-3-6-15(27-19(20)21)16(7-11)26-2/h3,6-7,10,12,19H,4-5,8-9H2,1-2H3. The first kappa shape index (κ1) is 18.4. The number of rotatable bonds is 6. The van der Waals surface area contributed by atoms with Crippen molar-refractivity contribution in [2.24, 2.45) is 7.05 Å². The maximum Gasteiger partial charge on any atom is 0.387 e. The number of methoxy groups -OCH3 is 1. The topological polar surface area (TPSA) is 75.2 Å². The van der Waals surface area contributed by atoms with Crippen LogP contribution in [-0.4, -0.2) is 33.6 Å².